The summed E-state index contributed by atoms with van der Waals surface area (Å²) in [5.74, 6) is 1.14. The summed E-state index contributed by atoms with van der Waals surface area (Å²) in [7, 11) is 0. The lowest BCUT2D eigenvalue weighted by Crippen LogP contribution is -2.06. The van der Waals surface area contributed by atoms with Crippen molar-refractivity contribution in [1.82, 2.24) is 19.6 Å². The largest absolute Gasteiger partial charge is 0.489 e. The zero-order chi connectivity index (χ0) is 22.9. The van der Waals surface area contributed by atoms with E-state index in [1.807, 2.05) is 0 Å². The van der Waals surface area contributed by atoms with E-state index in [1.54, 1.807) is 36.5 Å². The molecule has 0 amide bonds. The molecule has 1 aliphatic rings. The first-order chi connectivity index (χ1) is 16.0. The SMILES string of the molecule is O=[N+]([O-])c1cccc(-c2nc3nccc(-c4ccc(OC(F)F)c(OCC5CC5)c4)n3n2)c1. The molecular weight excluding hydrogens is 436 g/mol. The average Bonchev–Trinajstić information content (AvgIpc) is 3.53. The highest BCUT2D eigenvalue weighted by Crippen LogP contribution is 2.36. The molecule has 2 heterocycles. The standard InChI is InChI=1S/C22H17F2N5O4/c23-21(24)33-18-7-6-14(11-19(18)32-12-13-4-5-13)17-8-9-25-22-26-20(27-28(17)22)15-2-1-3-16(10-15)29(30)31/h1-3,6-11,13,21H,4-5,12H2. The van der Waals surface area contributed by atoms with Gasteiger partial charge >= 0.3 is 6.61 Å². The zero-order valence-corrected chi connectivity index (χ0v) is 17.1. The van der Waals surface area contributed by atoms with Gasteiger partial charge < -0.3 is 9.47 Å². The number of fused-ring (bicyclic) bond motifs is 1. The van der Waals surface area contributed by atoms with Crippen LogP contribution in [0.2, 0.25) is 0 Å². The van der Waals surface area contributed by atoms with E-state index in [1.165, 1.54) is 22.7 Å². The van der Waals surface area contributed by atoms with Gasteiger partial charge in [-0.1, -0.05) is 12.1 Å². The number of rotatable bonds is 8. The Kier molecular flexibility index (Phi) is 5.29. The first kappa shape index (κ1) is 20.7. The minimum absolute atomic E-state index is 0.0458. The number of hydrogen-bond acceptors (Lipinski definition) is 7. The van der Waals surface area contributed by atoms with Crippen molar-refractivity contribution in [2.24, 2.45) is 5.92 Å². The highest BCUT2D eigenvalue weighted by molar-refractivity contribution is 5.67. The molecule has 0 atom stereocenters. The average molecular weight is 453 g/mol. The van der Waals surface area contributed by atoms with E-state index in [0.717, 1.165) is 12.8 Å². The van der Waals surface area contributed by atoms with Crippen molar-refractivity contribution >= 4 is 11.5 Å². The van der Waals surface area contributed by atoms with Gasteiger partial charge in [-0.25, -0.2) is 4.98 Å². The minimum atomic E-state index is -2.97. The van der Waals surface area contributed by atoms with Crippen molar-refractivity contribution in [2.75, 3.05) is 6.61 Å². The number of hydrogen-bond donors (Lipinski definition) is 0. The quantitative estimate of drug-likeness (QED) is 0.280. The van der Waals surface area contributed by atoms with Gasteiger partial charge in [0.1, 0.15) is 0 Å². The van der Waals surface area contributed by atoms with E-state index < -0.39 is 11.5 Å². The van der Waals surface area contributed by atoms with Crippen molar-refractivity contribution < 1.29 is 23.2 Å². The van der Waals surface area contributed by atoms with Crippen LogP contribution in [0.5, 0.6) is 11.5 Å². The Morgan fingerprint density at radius 3 is 2.73 bits per heavy atom. The van der Waals surface area contributed by atoms with E-state index in [2.05, 4.69) is 19.8 Å². The smallest absolute Gasteiger partial charge is 0.387 e. The molecule has 4 aromatic rings. The van der Waals surface area contributed by atoms with E-state index in [9.17, 15) is 18.9 Å². The van der Waals surface area contributed by atoms with E-state index in [4.69, 9.17) is 4.74 Å². The summed E-state index contributed by atoms with van der Waals surface area (Å²) in [6, 6.07) is 12.3. The number of ether oxygens (including phenoxy) is 2. The topological polar surface area (TPSA) is 105 Å². The molecule has 9 nitrogen and oxygen atoms in total. The summed E-state index contributed by atoms with van der Waals surface area (Å²) in [6.45, 7) is -2.55. The fourth-order valence-electron chi connectivity index (χ4n) is 3.36. The molecule has 1 aliphatic carbocycles. The van der Waals surface area contributed by atoms with E-state index >= 15 is 0 Å². The third-order valence-corrected chi connectivity index (χ3v) is 5.18. The van der Waals surface area contributed by atoms with Crippen LogP contribution in [0, 0.1) is 16.0 Å². The molecule has 0 bridgehead atoms. The number of nitro groups is 1. The lowest BCUT2D eigenvalue weighted by atomic mass is 10.1. The van der Waals surface area contributed by atoms with Crippen LogP contribution in [0.3, 0.4) is 0 Å². The maximum absolute atomic E-state index is 12.8. The Labute approximate surface area is 185 Å². The number of nitrogens with zero attached hydrogens (tertiary/aromatic N) is 5. The molecule has 0 N–H and O–H groups in total. The molecule has 1 fully saturated rings. The molecule has 2 aromatic carbocycles. The van der Waals surface area contributed by atoms with Crippen LogP contribution in [0.25, 0.3) is 28.4 Å². The number of halogens is 2. The van der Waals surface area contributed by atoms with Crippen molar-refractivity contribution in [1.29, 1.82) is 0 Å². The molecule has 33 heavy (non-hydrogen) atoms. The van der Waals surface area contributed by atoms with Crippen molar-refractivity contribution in [3.05, 3.63) is 64.8 Å². The highest BCUT2D eigenvalue weighted by Gasteiger charge is 2.23. The molecule has 0 spiro atoms. The summed E-state index contributed by atoms with van der Waals surface area (Å²) < 4.78 is 37.5. The van der Waals surface area contributed by atoms with Crippen LogP contribution < -0.4 is 9.47 Å². The summed E-state index contributed by atoms with van der Waals surface area (Å²) >= 11 is 0. The number of nitro benzene ring substituents is 1. The van der Waals surface area contributed by atoms with Crippen molar-refractivity contribution in [3.63, 3.8) is 0 Å². The second kappa shape index (κ2) is 8.41. The maximum Gasteiger partial charge on any atom is 0.387 e. The van der Waals surface area contributed by atoms with E-state index in [0.29, 0.717) is 29.3 Å². The Morgan fingerprint density at radius 1 is 1.12 bits per heavy atom. The number of non-ortho nitro benzene ring substituents is 1. The van der Waals surface area contributed by atoms with Crippen molar-refractivity contribution in [3.8, 4) is 34.1 Å². The predicted molar refractivity (Wildman–Crippen MR) is 113 cm³/mol. The summed E-state index contributed by atoms with van der Waals surface area (Å²) in [5, 5.41) is 15.6. The fourth-order valence-corrected chi connectivity index (χ4v) is 3.36. The Bertz CT molecular complexity index is 1340. The van der Waals surface area contributed by atoms with Gasteiger partial charge in [0.05, 0.1) is 17.2 Å². The molecule has 2 aromatic heterocycles. The Morgan fingerprint density at radius 2 is 1.97 bits per heavy atom. The van der Waals surface area contributed by atoms with Crippen LogP contribution >= 0.6 is 0 Å². The predicted octanol–water partition coefficient (Wildman–Crippen LogP) is 4.76. The third-order valence-electron chi connectivity index (χ3n) is 5.18. The number of aromatic nitrogens is 4. The van der Waals surface area contributed by atoms with Crippen LogP contribution in [0.1, 0.15) is 12.8 Å². The van der Waals surface area contributed by atoms with Crippen LogP contribution in [0.4, 0.5) is 14.5 Å². The van der Waals surface area contributed by atoms with Gasteiger partial charge in [-0.15, -0.1) is 5.10 Å². The third kappa shape index (κ3) is 4.43. The summed E-state index contributed by atoms with van der Waals surface area (Å²) in [4.78, 5) is 19.2. The molecule has 0 unspecified atom stereocenters. The van der Waals surface area contributed by atoms with Gasteiger partial charge in [0.15, 0.2) is 17.3 Å². The Balaban J connectivity index is 1.54. The van der Waals surface area contributed by atoms with Crippen LogP contribution in [-0.4, -0.2) is 37.7 Å². The molecule has 0 saturated heterocycles. The molecular formula is C22H17F2N5O4. The molecule has 1 saturated carbocycles. The van der Waals surface area contributed by atoms with Crippen molar-refractivity contribution in [2.45, 2.75) is 19.5 Å². The van der Waals surface area contributed by atoms with Crippen LogP contribution in [0.15, 0.2) is 54.7 Å². The lowest BCUT2D eigenvalue weighted by Gasteiger charge is -2.14. The maximum atomic E-state index is 12.8. The van der Waals surface area contributed by atoms with Gasteiger partial charge in [-0.2, -0.15) is 18.3 Å². The van der Waals surface area contributed by atoms with Crippen LogP contribution in [-0.2, 0) is 0 Å². The second-order valence-electron chi connectivity index (χ2n) is 7.58. The zero-order valence-electron chi connectivity index (χ0n) is 17.1. The monoisotopic (exact) mass is 453 g/mol. The van der Waals surface area contributed by atoms with Gasteiger partial charge in [-0.3, -0.25) is 10.1 Å². The number of alkyl halides is 2. The normalized spacial score (nSPS) is 13.4. The molecule has 0 aliphatic heterocycles. The Hall–Kier alpha value is -4.15. The number of benzene rings is 2. The molecule has 168 valence electrons. The fraction of sp³-hybridized carbons (Fsp3) is 0.227. The molecule has 11 heteroatoms. The van der Waals surface area contributed by atoms with Gasteiger partial charge in [0, 0.05) is 29.5 Å². The molecule has 5 rings (SSSR count). The van der Waals surface area contributed by atoms with Gasteiger partial charge in [-0.05, 0) is 43.0 Å². The summed E-state index contributed by atoms with van der Waals surface area (Å²) in [6.07, 6.45) is 3.65. The molecule has 0 radical (unpaired) electrons. The van der Waals surface area contributed by atoms with Gasteiger partial charge in [0.2, 0.25) is 0 Å². The second-order valence-corrected chi connectivity index (χ2v) is 7.58. The van der Waals surface area contributed by atoms with E-state index in [-0.39, 0.29) is 28.8 Å². The first-order valence-electron chi connectivity index (χ1n) is 10.2. The van der Waals surface area contributed by atoms with Gasteiger partial charge in [0.25, 0.3) is 11.5 Å². The lowest BCUT2D eigenvalue weighted by molar-refractivity contribution is -0.384. The minimum Gasteiger partial charge on any atom is -0.489 e. The highest BCUT2D eigenvalue weighted by atomic mass is 19.3. The first-order valence-corrected chi connectivity index (χ1v) is 10.2. The summed E-state index contributed by atoms with van der Waals surface area (Å²) in [5.41, 5.74) is 1.61.